The lowest BCUT2D eigenvalue weighted by Crippen LogP contribution is -2.45. The summed E-state index contributed by atoms with van der Waals surface area (Å²) in [6.45, 7) is 6.64. The van der Waals surface area contributed by atoms with E-state index in [0.717, 1.165) is 18.8 Å². The lowest BCUT2D eigenvalue weighted by Gasteiger charge is -2.28. The topological polar surface area (TPSA) is 61.6 Å². The van der Waals surface area contributed by atoms with Crippen molar-refractivity contribution in [3.63, 3.8) is 0 Å². The molecule has 0 bridgehead atoms. The van der Waals surface area contributed by atoms with Gasteiger partial charge in [0, 0.05) is 25.6 Å². The van der Waals surface area contributed by atoms with Crippen molar-refractivity contribution in [3.05, 3.63) is 17.5 Å². The lowest BCUT2D eigenvalue weighted by atomic mass is 10.0. The van der Waals surface area contributed by atoms with Crippen LogP contribution in [-0.2, 0) is 6.54 Å². The van der Waals surface area contributed by atoms with Gasteiger partial charge in [0.2, 0.25) is 0 Å². The minimum atomic E-state index is -0.754. The van der Waals surface area contributed by atoms with Gasteiger partial charge in [0.05, 0.1) is 17.8 Å². The van der Waals surface area contributed by atoms with Gasteiger partial charge in [-0.3, -0.25) is 9.48 Å². The first-order valence-corrected chi connectivity index (χ1v) is 9.40. The van der Waals surface area contributed by atoms with Gasteiger partial charge in [-0.1, -0.05) is 0 Å². The van der Waals surface area contributed by atoms with E-state index in [1.807, 2.05) is 22.6 Å². The number of aromatic nitrogens is 2. The smallest absolute Gasteiger partial charge is 0.272 e. The summed E-state index contributed by atoms with van der Waals surface area (Å²) in [4.78, 5) is 17.1. The van der Waals surface area contributed by atoms with Gasteiger partial charge in [-0.2, -0.15) is 5.10 Å². The maximum absolute atomic E-state index is 12.9. The molecule has 6 heteroatoms. The predicted octanol–water partition coefficient (Wildman–Crippen LogP) is 1.45. The Morgan fingerprint density at radius 1 is 1.33 bits per heavy atom. The molecule has 2 aliphatic heterocycles. The summed E-state index contributed by atoms with van der Waals surface area (Å²) in [5.41, 5.74) is 0.993. The SMILES string of the molecule is CCn1nc(C2CC2)cc1C(=O)N1CCC(O)(CN2CCCC2)C1. The van der Waals surface area contributed by atoms with Gasteiger partial charge < -0.3 is 14.9 Å². The number of nitrogens with zero attached hydrogens (tertiary/aromatic N) is 4. The molecule has 0 radical (unpaired) electrons. The maximum atomic E-state index is 12.9. The van der Waals surface area contributed by atoms with E-state index in [-0.39, 0.29) is 5.91 Å². The first-order chi connectivity index (χ1) is 11.6. The van der Waals surface area contributed by atoms with E-state index in [1.165, 1.54) is 25.7 Å². The highest BCUT2D eigenvalue weighted by molar-refractivity contribution is 5.93. The highest BCUT2D eigenvalue weighted by Gasteiger charge is 2.41. The second-order valence-electron chi connectivity index (χ2n) is 7.73. The fourth-order valence-corrected chi connectivity index (χ4v) is 4.11. The molecule has 1 atom stereocenters. The van der Waals surface area contributed by atoms with E-state index in [4.69, 9.17) is 0 Å². The van der Waals surface area contributed by atoms with Crippen LogP contribution in [0.25, 0.3) is 0 Å². The highest BCUT2D eigenvalue weighted by atomic mass is 16.3. The normalized spacial score (nSPS) is 28.0. The number of rotatable bonds is 5. The van der Waals surface area contributed by atoms with E-state index >= 15 is 0 Å². The average molecular weight is 332 g/mol. The zero-order valence-corrected chi connectivity index (χ0v) is 14.6. The van der Waals surface area contributed by atoms with Crippen molar-refractivity contribution in [2.24, 2.45) is 0 Å². The van der Waals surface area contributed by atoms with Crippen molar-refractivity contribution in [1.82, 2.24) is 19.6 Å². The van der Waals surface area contributed by atoms with Crippen LogP contribution >= 0.6 is 0 Å². The zero-order valence-electron chi connectivity index (χ0n) is 14.6. The molecule has 132 valence electrons. The quantitative estimate of drug-likeness (QED) is 0.887. The Kier molecular flexibility index (Phi) is 4.12. The Hall–Kier alpha value is -1.40. The minimum absolute atomic E-state index is 0.0218. The van der Waals surface area contributed by atoms with Gasteiger partial charge in [-0.05, 0) is 58.2 Å². The molecule has 0 aromatic carbocycles. The Morgan fingerprint density at radius 2 is 2.08 bits per heavy atom. The number of hydrogen-bond donors (Lipinski definition) is 1. The molecule has 4 rings (SSSR count). The fourth-order valence-electron chi connectivity index (χ4n) is 4.11. The Morgan fingerprint density at radius 3 is 2.75 bits per heavy atom. The molecule has 6 nitrogen and oxygen atoms in total. The average Bonchev–Trinajstić information content (AvgIpc) is 2.99. The molecule has 1 N–H and O–H groups in total. The summed E-state index contributed by atoms with van der Waals surface area (Å²) in [6.07, 6.45) is 5.49. The second kappa shape index (κ2) is 6.15. The van der Waals surface area contributed by atoms with E-state index in [2.05, 4.69) is 10.00 Å². The van der Waals surface area contributed by atoms with Crippen molar-refractivity contribution in [1.29, 1.82) is 0 Å². The van der Waals surface area contributed by atoms with Crippen LogP contribution in [0.2, 0.25) is 0 Å². The van der Waals surface area contributed by atoms with Crippen LogP contribution in [-0.4, -0.2) is 68.9 Å². The first-order valence-electron chi connectivity index (χ1n) is 9.40. The molecular weight excluding hydrogens is 304 g/mol. The van der Waals surface area contributed by atoms with Crippen LogP contribution < -0.4 is 0 Å². The number of β-amino-alcohol motifs (C(OH)–C–C–N with tert-alkyl or cyclic N) is 1. The molecular formula is C18H28N4O2. The number of likely N-dealkylation sites (tertiary alicyclic amines) is 2. The molecule has 1 saturated carbocycles. The van der Waals surface area contributed by atoms with Crippen LogP contribution in [0.3, 0.4) is 0 Å². The van der Waals surface area contributed by atoms with E-state index in [1.54, 1.807) is 0 Å². The zero-order chi connectivity index (χ0) is 16.7. The third kappa shape index (κ3) is 3.09. The van der Waals surface area contributed by atoms with Crippen LogP contribution in [0.4, 0.5) is 0 Å². The first kappa shape index (κ1) is 16.1. The third-order valence-electron chi connectivity index (χ3n) is 5.65. The molecule has 1 amide bonds. The largest absolute Gasteiger partial charge is 0.387 e. The van der Waals surface area contributed by atoms with Crippen molar-refractivity contribution < 1.29 is 9.90 Å². The van der Waals surface area contributed by atoms with Crippen LogP contribution in [0.1, 0.15) is 61.1 Å². The molecule has 24 heavy (non-hydrogen) atoms. The molecule has 1 aromatic rings. The minimum Gasteiger partial charge on any atom is -0.387 e. The van der Waals surface area contributed by atoms with Gasteiger partial charge >= 0.3 is 0 Å². The van der Waals surface area contributed by atoms with E-state index in [9.17, 15) is 9.90 Å². The molecule has 1 aromatic heterocycles. The van der Waals surface area contributed by atoms with Crippen molar-refractivity contribution in [2.75, 3.05) is 32.7 Å². The Labute approximate surface area is 143 Å². The number of aryl methyl sites for hydroxylation is 1. The second-order valence-corrected chi connectivity index (χ2v) is 7.73. The van der Waals surface area contributed by atoms with E-state index in [0.29, 0.717) is 44.2 Å². The monoisotopic (exact) mass is 332 g/mol. The number of carbonyl (C=O) groups excluding carboxylic acids is 1. The van der Waals surface area contributed by atoms with Crippen LogP contribution in [0, 0.1) is 0 Å². The molecule has 3 fully saturated rings. The van der Waals surface area contributed by atoms with Crippen molar-refractivity contribution in [2.45, 2.75) is 57.1 Å². The van der Waals surface area contributed by atoms with Crippen LogP contribution in [0.15, 0.2) is 6.07 Å². The molecule has 1 aliphatic carbocycles. The summed E-state index contributed by atoms with van der Waals surface area (Å²) >= 11 is 0. The highest BCUT2D eigenvalue weighted by Crippen LogP contribution is 2.39. The molecule has 1 unspecified atom stereocenters. The molecule has 3 heterocycles. The summed E-state index contributed by atoms with van der Waals surface area (Å²) in [5, 5.41) is 15.5. The van der Waals surface area contributed by atoms with Crippen molar-refractivity contribution >= 4 is 5.91 Å². The lowest BCUT2D eigenvalue weighted by molar-refractivity contribution is 0.0174. The fraction of sp³-hybridized carbons (Fsp3) is 0.778. The van der Waals surface area contributed by atoms with Crippen molar-refractivity contribution in [3.8, 4) is 0 Å². The predicted molar refractivity (Wildman–Crippen MR) is 91.0 cm³/mol. The van der Waals surface area contributed by atoms with E-state index < -0.39 is 5.60 Å². The van der Waals surface area contributed by atoms with Gasteiger partial charge in [0.1, 0.15) is 5.69 Å². The molecule has 3 aliphatic rings. The summed E-state index contributed by atoms with van der Waals surface area (Å²) < 4.78 is 1.83. The molecule has 2 saturated heterocycles. The summed E-state index contributed by atoms with van der Waals surface area (Å²) in [5.74, 6) is 0.573. The Balaban J connectivity index is 1.45. The summed E-state index contributed by atoms with van der Waals surface area (Å²) in [6, 6.07) is 1.97. The van der Waals surface area contributed by atoms with Gasteiger partial charge in [-0.25, -0.2) is 0 Å². The number of aliphatic hydroxyl groups is 1. The Bertz CT molecular complexity index is 619. The van der Waals surface area contributed by atoms with Gasteiger partial charge in [-0.15, -0.1) is 0 Å². The number of hydrogen-bond acceptors (Lipinski definition) is 4. The van der Waals surface area contributed by atoms with Gasteiger partial charge in [0.25, 0.3) is 5.91 Å². The summed E-state index contributed by atoms with van der Waals surface area (Å²) in [7, 11) is 0. The maximum Gasteiger partial charge on any atom is 0.272 e. The van der Waals surface area contributed by atoms with Gasteiger partial charge in [0.15, 0.2) is 0 Å². The molecule has 0 spiro atoms. The number of amides is 1. The third-order valence-corrected chi connectivity index (χ3v) is 5.65. The van der Waals surface area contributed by atoms with Crippen LogP contribution in [0.5, 0.6) is 0 Å². The number of carbonyl (C=O) groups is 1. The standard InChI is InChI=1S/C18H28N4O2/c1-2-22-16(11-15(19-22)14-5-6-14)17(23)21-10-7-18(24,13-21)12-20-8-3-4-9-20/h11,14,24H,2-10,12-13H2,1H3.